The number of hydrogen-bond donors (Lipinski definition) is 2. The van der Waals surface area contributed by atoms with Crippen LogP contribution in [-0.4, -0.2) is 50.0 Å². The Balaban J connectivity index is 0.00000338. The summed E-state index contributed by atoms with van der Waals surface area (Å²) in [6.07, 6.45) is 0.401. The van der Waals surface area contributed by atoms with Crippen LogP contribution in [0.5, 0.6) is 5.75 Å². The van der Waals surface area contributed by atoms with Crippen molar-refractivity contribution in [3.8, 4) is 5.75 Å². The average molecular weight is 384 g/mol. The molecule has 2 N–H and O–H groups in total. The van der Waals surface area contributed by atoms with E-state index in [1.54, 1.807) is 7.11 Å². The number of piperazine rings is 1. The number of rotatable bonds is 5. The Hall–Kier alpha value is -1.79. The van der Waals surface area contributed by atoms with Crippen LogP contribution in [0.25, 0.3) is 0 Å². The first-order valence-corrected chi connectivity index (χ1v) is 8.71. The number of amides is 2. The van der Waals surface area contributed by atoms with Crippen molar-refractivity contribution in [1.29, 1.82) is 0 Å². The molecule has 0 radical (unpaired) electrons. The molecule has 1 fully saturated rings. The van der Waals surface area contributed by atoms with E-state index in [4.69, 9.17) is 4.74 Å². The highest BCUT2D eigenvalue weighted by atomic mass is 35.5. The van der Waals surface area contributed by atoms with Crippen molar-refractivity contribution in [3.05, 3.63) is 29.8 Å². The zero-order chi connectivity index (χ0) is 18.4. The van der Waals surface area contributed by atoms with E-state index in [9.17, 15) is 9.59 Å². The highest BCUT2D eigenvalue weighted by Crippen LogP contribution is 2.30. The summed E-state index contributed by atoms with van der Waals surface area (Å²) in [5, 5.41) is 6.08. The largest absolute Gasteiger partial charge is 0.496 e. The third-order valence-electron chi connectivity index (χ3n) is 4.19. The second-order valence-corrected chi connectivity index (χ2v) is 7.56. The van der Waals surface area contributed by atoms with Gasteiger partial charge < -0.3 is 20.3 Å². The number of nitrogens with zero attached hydrogens (tertiary/aromatic N) is 1. The Morgan fingerprint density at radius 3 is 2.65 bits per heavy atom. The minimum Gasteiger partial charge on any atom is -0.496 e. The Morgan fingerprint density at radius 1 is 1.31 bits per heavy atom. The molecule has 0 aliphatic carbocycles. The molecule has 146 valence electrons. The fraction of sp³-hybridized carbons (Fsp3) is 0.579. The number of methoxy groups -OCH3 is 1. The molecule has 1 atom stereocenters. The van der Waals surface area contributed by atoms with Gasteiger partial charge in [0.05, 0.1) is 19.7 Å². The monoisotopic (exact) mass is 383 g/mol. The Kier molecular flexibility index (Phi) is 8.37. The predicted molar refractivity (Wildman–Crippen MR) is 105 cm³/mol. The van der Waals surface area contributed by atoms with Gasteiger partial charge in [0.25, 0.3) is 0 Å². The molecule has 7 heteroatoms. The lowest BCUT2D eigenvalue weighted by atomic mass is 9.92. The molecule has 1 aliphatic heterocycles. The van der Waals surface area contributed by atoms with Crippen LogP contribution in [0, 0.1) is 5.41 Å². The summed E-state index contributed by atoms with van der Waals surface area (Å²) in [7, 11) is 1.63. The van der Waals surface area contributed by atoms with E-state index in [0.717, 1.165) is 17.9 Å². The van der Waals surface area contributed by atoms with E-state index in [-0.39, 0.29) is 42.2 Å². The smallest absolute Gasteiger partial charge is 0.242 e. The molecular weight excluding hydrogens is 354 g/mol. The van der Waals surface area contributed by atoms with Crippen molar-refractivity contribution < 1.29 is 14.3 Å². The van der Waals surface area contributed by atoms with Crippen molar-refractivity contribution in [2.75, 3.05) is 33.3 Å². The summed E-state index contributed by atoms with van der Waals surface area (Å²) in [5.41, 5.74) is 0.883. The lowest BCUT2D eigenvalue weighted by molar-refractivity contribution is -0.136. The van der Waals surface area contributed by atoms with Gasteiger partial charge in [-0.05, 0) is 11.5 Å². The fourth-order valence-corrected chi connectivity index (χ4v) is 3.04. The van der Waals surface area contributed by atoms with E-state index < -0.39 is 0 Å². The van der Waals surface area contributed by atoms with Crippen LogP contribution in [0.15, 0.2) is 24.3 Å². The minimum atomic E-state index is -0.100. The topological polar surface area (TPSA) is 70.7 Å². The minimum absolute atomic E-state index is 0. The predicted octanol–water partition coefficient (Wildman–Crippen LogP) is 2.14. The number of hydrogen-bond acceptors (Lipinski definition) is 4. The Bertz CT molecular complexity index is 616. The third kappa shape index (κ3) is 6.18. The molecule has 1 aromatic rings. The maximum absolute atomic E-state index is 12.7. The van der Waals surface area contributed by atoms with Gasteiger partial charge in [0.2, 0.25) is 11.8 Å². The number of benzene rings is 1. The third-order valence-corrected chi connectivity index (χ3v) is 4.19. The first-order valence-electron chi connectivity index (χ1n) is 8.71. The molecule has 1 saturated heterocycles. The summed E-state index contributed by atoms with van der Waals surface area (Å²) in [4.78, 5) is 26.5. The zero-order valence-corrected chi connectivity index (χ0v) is 16.8. The van der Waals surface area contributed by atoms with Gasteiger partial charge >= 0.3 is 0 Å². The first-order chi connectivity index (χ1) is 11.8. The zero-order valence-electron chi connectivity index (χ0n) is 16.0. The van der Waals surface area contributed by atoms with Crippen molar-refractivity contribution >= 4 is 24.2 Å². The Labute approximate surface area is 162 Å². The molecule has 1 aromatic carbocycles. The van der Waals surface area contributed by atoms with E-state index in [0.29, 0.717) is 19.5 Å². The molecule has 2 amide bonds. The van der Waals surface area contributed by atoms with Gasteiger partial charge in [0.1, 0.15) is 5.75 Å². The van der Waals surface area contributed by atoms with Crippen molar-refractivity contribution in [3.63, 3.8) is 0 Å². The fourth-order valence-electron chi connectivity index (χ4n) is 3.04. The summed E-state index contributed by atoms with van der Waals surface area (Å²) in [6, 6.07) is 7.64. The maximum Gasteiger partial charge on any atom is 0.242 e. The summed E-state index contributed by atoms with van der Waals surface area (Å²) >= 11 is 0. The van der Waals surface area contributed by atoms with E-state index in [2.05, 4.69) is 10.6 Å². The van der Waals surface area contributed by atoms with Crippen LogP contribution in [0.3, 0.4) is 0 Å². The van der Waals surface area contributed by atoms with E-state index in [1.807, 2.05) is 49.9 Å². The van der Waals surface area contributed by atoms with Crippen LogP contribution in [0.4, 0.5) is 0 Å². The molecule has 2 rings (SSSR count). The summed E-state index contributed by atoms with van der Waals surface area (Å²) in [5.74, 6) is 0.607. The molecular formula is C19H30ClN3O3. The molecule has 0 spiro atoms. The van der Waals surface area contributed by atoms with Gasteiger partial charge in [0, 0.05) is 31.6 Å². The van der Waals surface area contributed by atoms with E-state index in [1.165, 1.54) is 0 Å². The maximum atomic E-state index is 12.7. The number of carbonyl (C=O) groups excluding carboxylic acids is 2. The molecule has 1 aliphatic rings. The highest BCUT2D eigenvalue weighted by molar-refractivity contribution is 5.85. The van der Waals surface area contributed by atoms with E-state index >= 15 is 0 Å². The van der Waals surface area contributed by atoms with Crippen LogP contribution in [0.2, 0.25) is 0 Å². The van der Waals surface area contributed by atoms with Crippen molar-refractivity contribution in [2.24, 2.45) is 5.41 Å². The van der Waals surface area contributed by atoms with Gasteiger partial charge in [-0.3, -0.25) is 9.59 Å². The van der Waals surface area contributed by atoms with Gasteiger partial charge in [-0.15, -0.1) is 12.4 Å². The van der Waals surface area contributed by atoms with Crippen LogP contribution < -0.4 is 15.4 Å². The summed E-state index contributed by atoms with van der Waals surface area (Å²) in [6.45, 7) is 8.06. The van der Waals surface area contributed by atoms with Gasteiger partial charge in [-0.25, -0.2) is 0 Å². The SMILES string of the molecule is COc1ccccc1C1CNCCN1C(=O)CNC(=O)CC(C)(C)C.Cl. The standard InChI is InChI=1S/C19H29N3O3.ClH/c1-19(2,3)11-17(23)21-13-18(24)22-10-9-20-12-15(22)14-7-5-6-8-16(14)25-4;/h5-8,15,20H,9-13H2,1-4H3,(H,21,23);1H. The number of para-hydroxylation sites is 1. The van der Waals surface area contributed by atoms with Crippen LogP contribution >= 0.6 is 12.4 Å². The van der Waals surface area contributed by atoms with Gasteiger partial charge in [0.15, 0.2) is 0 Å². The Morgan fingerprint density at radius 2 is 2.00 bits per heavy atom. The van der Waals surface area contributed by atoms with Gasteiger partial charge in [-0.2, -0.15) is 0 Å². The summed E-state index contributed by atoms with van der Waals surface area (Å²) < 4.78 is 5.44. The van der Waals surface area contributed by atoms with Crippen molar-refractivity contribution in [2.45, 2.75) is 33.2 Å². The lowest BCUT2D eigenvalue weighted by Crippen LogP contribution is -2.51. The van der Waals surface area contributed by atoms with Crippen molar-refractivity contribution in [1.82, 2.24) is 15.5 Å². The number of ether oxygens (including phenoxy) is 1. The molecule has 26 heavy (non-hydrogen) atoms. The number of carbonyl (C=O) groups is 2. The quantitative estimate of drug-likeness (QED) is 0.817. The lowest BCUT2D eigenvalue weighted by Gasteiger charge is -2.37. The van der Waals surface area contributed by atoms with Crippen LogP contribution in [-0.2, 0) is 9.59 Å². The second kappa shape index (κ2) is 9.78. The highest BCUT2D eigenvalue weighted by Gasteiger charge is 2.30. The molecule has 0 saturated carbocycles. The molecule has 1 heterocycles. The van der Waals surface area contributed by atoms with Crippen LogP contribution in [0.1, 0.15) is 38.8 Å². The normalized spacial score (nSPS) is 17.2. The average Bonchev–Trinajstić information content (AvgIpc) is 2.58. The van der Waals surface area contributed by atoms with Gasteiger partial charge in [-0.1, -0.05) is 39.0 Å². The molecule has 0 aromatic heterocycles. The molecule has 6 nitrogen and oxygen atoms in total. The number of nitrogens with one attached hydrogen (secondary N) is 2. The second-order valence-electron chi connectivity index (χ2n) is 7.56. The first kappa shape index (κ1) is 22.3. The molecule has 0 bridgehead atoms. The number of halogens is 1. The molecule has 1 unspecified atom stereocenters.